The van der Waals surface area contributed by atoms with Gasteiger partial charge >= 0.3 is 0 Å². The molecule has 19 heavy (non-hydrogen) atoms. The molecule has 1 fully saturated rings. The van der Waals surface area contributed by atoms with Crippen LogP contribution < -0.4 is 10.5 Å². The van der Waals surface area contributed by atoms with Crippen molar-refractivity contribution in [3.63, 3.8) is 0 Å². The lowest BCUT2D eigenvalue weighted by Crippen LogP contribution is -2.47. The van der Waals surface area contributed by atoms with Gasteiger partial charge in [0, 0.05) is 25.2 Å². The van der Waals surface area contributed by atoms with Crippen molar-refractivity contribution in [3.05, 3.63) is 29.3 Å². The van der Waals surface area contributed by atoms with Gasteiger partial charge in [0.2, 0.25) is 0 Å². The smallest absolute Gasteiger partial charge is 0.119 e. The molecule has 0 amide bonds. The Morgan fingerprint density at radius 1 is 1.32 bits per heavy atom. The first kappa shape index (κ1) is 12.9. The molecular weight excluding hydrogens is 236 g/mol. The second-order valence-corrected chi connectivity index (χ2v) is 6.17. The summed E-state index contributed by atoms with van der Waals surface area (Å²) in [5.41, 5.74) is 9.14. The zero-order valence-electron chi connectivity index (χ0n) is 11.9. The Balaban J connectivity index is 1.84. The number of nitrogens with zero attached hydrogens (tertiary/aromatic N) is 1. The minimum atomic E-state index is 0.332. The number of benzene rings is 1. The van der Waals surface area contributed by atoms with Gasteiger partial charge in [-0.05, 0) is 48.4 Å². The van der Waals surface area contributed by atoms with Crippen LogP contribution in [0, 0.1) is 5.92 Å². The lowest BCUT2D eigenvalue weighted by molar-refractivity contribution is 0.115. The Hall–Kier alpha value is -1.06. The normalized spacial score (nSPS) is 31.2. The third-order valence-corrected chi connectivity index (χ3v) is 4.56. The number of ether oxygens (including phenoxy) is 1. The molecule has 1 heterocycles. The van der Waals surface area contributed by atoms with Gasteiger partial charge in [-0.1, -0.05) is 13.0 Å². The van der Waals surface area contributed by atoms with Crippen LogP contribution in [-0.2, 0) is 6.42 Å². The fraction of sp³-hybridized carbons (Fsp3) is 0.625. The molecule has 0 radical (unpaired) electrons. The van der Waals surface area contributed by atoms with E-state index < -0.39 is 0 Å². The Labute approximate surface area is 115 Å². The molecule has 3 rings (SSSR count). The zero-order valence-corrected chi connectivity index (χ0v) is 11.9. The molecule has 1 aliphatic heterocycles. The molecule has 0 saturated carbocycles. The number of hydrogen-bond acceptors (Lipinski definition) is 3. The van der Waals surface area contributed by atoms with E-state index >= 15 is 0 Å². The van der Waals surface area contributed by atoms with Gasteiger partial charge in [-0.2, -0.15) is 0 Å². The molecule has 2 aliphatic rings. The van der Waals surface area contributed by atoms with E-state index in [1.807, 2.05) is 0 Å². The van der Waals surface area contributed by atoms with Crippen LogP contribution in [-0.4, -0.2) is 31.1 Å². The highest BCUT2D eigenvalue weighted by Crippen LogP contribution is 2.39. The van der Waals surface area contributed by atoms with E-state index in [1.165, 1.54) is 30.5 Å². The summed E-state index contributed by atoms with van der Waals surface area (Å²) in [5, 5.41) is 0. The molecule has 0 aromatic heterocycles. The lowest BCUT2D eigenvalue weighted by Gasteiger charge is -2.39. The van der Waals surface area contributed by atoms with Crippen LogP contribution in [0.2, 0.25) is 0 Å². The van der Waals surface area contributed by atoms with Crippen LogP contribution >= 0.6 is 0 Å². The van der Waals surface area contributed by atoms with E-state index in [2.05, 4.69) is 30.0 Å². The van der Waals surface area contributed by atoms with Crippen molar-refractivity contribution in [1.82, 2.24) is 4.90 Å². The first-order valence-electron chi connectivity index (χ1n) is 7.34. The summed E-state index contributed by atoms with van der Waals surface area (Å²) < 4.78 is 5.37. The number of hydrogen-bond donors (Lipinski definition) is 1. The number of nitrogens with two attached hydrogens (primary N) is 1. The summed E-state index contributed by atoms with van der Waals surface area (Å²) in [5.74, 6) is 1.68. The maximum atomic E-state index is 6.19. The summed E-state index contributed by atoms with van der Waals surface area (Å²) in [7, 11) is 1.74. The van der Waals surface area contributed by atoms with Gasteiger partial charge in [0.15, 0.2) is 0 Å². The summed E-state index contributed by atoms with van der Waals surface area (Å²) >= 11 is 0. The number of methoxy groups -OCH3 is 1. The van der Waals surface area contributed by atoms with Crippen LogP contribution in [0.1, 0.15) is 36.9 Å². The van der Waals surface area contributed by atoms with E-state index in [0.717, 1.165) is 18.7 Å². The number of fused-ring (bicyclic) bond motifs is 1. The maximum Gasteiger partial charge on any atom is 0.119 e. The van der Waals surface area contributed by atoms with Crippen LogP contribution in [0.4, 0.5) is 0 Å². The molecule has 3 heteroatoms. The number of rotatable bonds is 2. The van der Waals surface area contributed by atoms with Crippen molar-refractivity contribution in [1.29, 1.82) is 0 Å². The minimum absolute atomic E-state index is 0.332. The summed E-state index contributed by atoms with van der Waals surface area (Å²) in [6, 6.07) is 7.39. The topological polar surface area (TPSA) is 38.5 Å². The van der Waals surface area contributed by atoms with Crippen molar-refractivity contribution in [2.45, 2.75) is 38.3 Å². The van der Waals surface area contributed by atoms with E-state index in [0.29, 0.717) is 18.0 Å². The average molecular weight is 260 g/mol. The number of likely N-dealkylation sites (tertiary alicyclic amines) is 1. The van der Waals surface area contributed by atoms with E-state index in [1.54, 1.807) is 7.11 Å². The van der Waals surface area contributed by atoms with Crippen molar-refractivity contribution in [3.8, 4) is 5.75 Å². The Kier molecular flexibility index (Phi) is 3.50. The maximum absolute atomic E-state index is 6.19. The van der Waals surface area contributed by atoms with Gasteiger partial charge in [0.25, 0.3) is 0 Å². The molecule has 0 spiro atoms. The summed E-state index contributed by atoms with van der Waals surface area (Å²) in [4.78, 5) is 2.59. The first-order chi connectivity index (χ1) is 9.17. The van der Waals surface area contributed by atoms with Gasteiger partial charge in [-0.25, -0.2) is 0 Å². The molecule has 1 aliphatic carbocycles. The van der Waals surface area contributed by atoms with Gasteiger partial charge in [-0.15, -0.1) is 0 Å². The van der Waals surface area contributed by atoms with Crippen LogP contribution in [0.5, 0.6) is 5.75 Å². The zero-order chi connectivity index (χ0) is 13.4. The summed E-state index contributed by atoms with van der Waals surface area (Å²) in [6.45, 7) is 4.52. The van der Waals surface area contributed by atoms with Crippen LogP contribution in [0.15, 0.2) is 18.2 Å². The van der Waals surface area contributed by atoms with Gasteiger partial charge < -0.3 is 10.5 Å². The van der Waals surface area contributed by atoms with Crippen LogP contribution in [0.3, 0.4) is 0 Å². The third-order valence-electron chi connectivity index (χ3n) is 4.56. The van der Waals surface area contributed by atoms with E-state index in [4.69, 9.17) is 10.5 Å². The molecule has 3 nitrogen and oxygen atoms in total. The minimum Gasteiger partial charge on any atom is -0.497 e. The molecule has 104 valence electrons. The highest BCUT2D eigenvalue weighted by Gasteiger charge is 2.32. The monoisotopic (exact) mass is 260 g/mol. The molecular formula is C16H24N2O. The molecule has 3 atom stereocenters. The second-order valence-electron chi connectivity index (χ2n) is 6.17. The fourth-order valence-corrected chi connectivity index (χ4v) is 3.76. The molecule has 0 bridgehead atoms. The predicted molar refractivity (Wildman–Crippen MR) is 77.4 cm³/mol. The highest BCUT2D eigenvalue weighted by atomic mass is 16.5. The van der Waals surface area contributed by atoms with Crippen molar-refractivity contribution in [2.75, 3.05) is 20.2 Å². The van der Waals surface area contributed by atoms with Crippen LogP contribution in [0.25, 0.3) is 0 Å². The highest BCUT2D eigenvalue weighted by molar-refractivity contribution is 5.41. The Morgan fingerprint density at radius 3 is 2.89 bits per heavy atom. The molecule has 1 aromatic carbocycles. The second kappa shape index (κ2) is 5.14. The quantitative estimate of drug-likeness (QED) is 0.887. The van der Waals surface area contributed by atoms with Gasteiger partial charge in [-0.3, -0.25) is 4.90 Å². The Bertz CT molecular complexity index is 450. The molecule has 1 saturated heterocycles. The molecule has 2 N–H and O–H groups in total. The van der Waals surface area contributed by atoms with Crippen molar-refractivity contribution in [2.24, 2.45) is 11.7 Å². The average Bonchev–Trinajstić information content (AvgIpc) is 2.80. The number of aryl methyl sites for hydroxylation is 1. The largest absolute Gasteiger partial charge is 0.497 e. The standard InChI is InChI=1S/C16H24N2O/c1-11-7-13(17)10-18(9-11)16-6-4-12-3-5-14(19-2)8-15(12)16/h3,5,8,11,13,16H,4,6-7,9-10,17H2,1-2H3. The molecule has 1 aromatic rings. The molecule has 3 unspecified atom stereocenters. The SMILES string of the molecule is COc1ccc2c(c1)C(N1CC(C)CC(N)C1)CC2. The third kappa shape index (κ3) is 2.49. The van der Waals surface area contributed by atoms with E-state index in [-0.39, 0.29) is 0 Å². The lowest BCUT2D eigenvalue weighted by atomic mass is 9.94. The number of piperidine rings is 1. The first-order valence-corrected chi connectivity index (χ1v) is 7.34. The fourth-order valence-electron chi connectivity index (χ4n) is 3.76. The van der Waals surface area contributed by atoms with Crippen molar-refractivity contribution < 1.29 is 4.74 Å². The van der Waals surface area contributed by atoms with Gasteiger partial charge in [0.05, 0.1) is 7.11 Å². The summed E-state index contributed by atoms with van der Waals surface area (Å²) in [6.07, 6.45) is 3.57. The van der Waals surface area contributed by atoms with E-state index in [9.17, 15) is 0 Å². The van der Waals surface area contributed by atoms with Crippen molar-refractivity contribution >= 4 is 0 Å². The predicted octanol–water partition coefficient (Wildman–Crippen LogP) is 2.35. The Morgan fingerprint density at radius 2 is 2.16 bits per heavy atom. The van der Waals surface area contributed by atoms with Gasteiger partial charge in [0.1, 0.15) is 5.75 Å².